The summed E-state index contributed by atoms with van der Waals surface area (Å²) in [5.74, 6) is -0.905. The normalized spacial score (nSPS) is 12.9. The lowest BCUT2D eigenvalue weighted by atomic mass is 10.0. The number of hydrogen-bond acceptors (Lipinski definition) is 6. The summed E-state index contributed by atoms with van der Waals surface area (Å²) in [6.07, 6.45) is 97.9. The van der Waals surface area contributed by atoms with Crippen molar-refractivity contribution < 1.29 is 28.6 Å². The van der Waals surface area contributed by atoms with E-state index in [1.165, 1.54) is 148 Å². The van der Waals surface area contributed by atoms with E-state index in [-0.39, 0.29) is 31.1 Å². The van der Waals surface area contributed by atoms with Crippen LogP contribution in [-0.4, -0.2) is 37.2 Å². The van der Waals surface area contributed by atoms with Crippen molar-refractivity contribution in [2.45, 2.75) is 335 Å². The standard InChI is InChI=1S/C77H130O6/c1-4-7-10-13-16-19-22-25-28-30-32-34-35-36-37-38-39-40-41-43-44-46-49-52-55-58-61-64-67-70-76(79)82-73-74(72-81-75(78)69-66-63-60-57-54-51-48-27-24-21-18-15-12-9-6-3)83-77(80)71-68-65-62-59-56-53-50-47-45-42-33-31-29-26-23-20-17-14-11-8-5-2/h7-8,10-11,16-17,19-20,25-29,32-34,42,47-48,50,74H,4-6,9,12-15,18,21-24,30-31,35-41,43-46,49,51-73H2,1-3H3/b10-7-,11-8-,19-16-,20-17-,28-25-,29-26-,34-32-,42-33-,48-27-,50-47-. The molecule has 0 aromatic heterocycles. The van der Waals surface area contributed by atoms with Gasteiger partial charge in [0.05, 0.1) is 0 Å². The van der Waals surface area contributed by atoms with Crippen LogP contribution >= 0.6 is 0 Å². The molecule has 0 amide bonds. The number of carbonyl (C=O) groups is 3. The van der Waals surface area contributed by atoms with Crippen molar-refractivity contribution in [3.8, 4) is 0 Å². The van der Waals surface area contributed by atoms with Gasteiger partial charge in [-0.3, -0.25) is 14.4 Å². The number of hydrogen-bond donors (Lipinski definition) is 0. The van der Waals surface area contributed by atoms with Crippen molar-refractivity contribution in [2.75, 3.05) is 13.2 Å². The van der Waals surface area contributed by atoms with Gasteiger partial charge >= 0.3 is 17.9 Å². The summed E-state index contributed by atoms with van der Waals surface area (Å²) in [6.45, 7) is 6.42. The van der Waals surface area contributed by atoms with Gasteiger partial charge in [-0.2, -0.15) is 0 Å². The van der Waals surface area contributed by atoms with Crippen LogP contribution in [0.4, 0.5) is 0 Å². The molecule has 0 spiro atoms. The third-order valence-electron chi connectivity index (χ3n) is 14.9. The maximum absolute atomic E-state index is 12.9. The molecule has 0 rings (SSSR count). The third kappa shape index (κ3) is 68.5. The zero-order valence-electron chi connectivity index (χ0n) is 54.4. The second-order valence-electron chi connectivity index (χ2n) is 23.0. The van der Waals surface area contributed by atoms with E-state index in [1.807, 2.05) is 0 Å². The van der Waals surface area contributed by atoms with Crippen LogP contribution < -0.4 is 0 Å². The lowest BCUT2D eigenvalue weighted by Gasteiger charge is -2.18. The van der Waals surface area contributed by atoms with Crippen LogP contribution in [-0.2, 0) is 28.6 Å². The lowest BCUT2D eigenvalue weighted by Crippen LogP contribution is -2.30. The highest BCUT2D eigenvalue weighted by atomic mass is 16.6. The smallest absolute Gasteiger partial charge is 0.306 e. The molecule has 0 heterocycles. The quantitative estimate of drug-likeness (QED) is 0.0261. The average molecular weight is 1150 g/mol. The Balaban J connectivity index is 4.33. The summed E-state index contributed by atoms with van der Waals surface area (Å²) in [7, 11) is 0. The number of rotatable bonds is 63. The highest BCUT2D eigenvalue weighted by molar-refractivity contribution is 5.71. The van der Waals surface area contributed by atoms with Crippen LogP contribution in [0.25, 0.3) is 0 Å². The van der Waals surface area contributed by atoms with E-state index in [9.17, 15) is 14.4 Å². The van der Waals surface area contributed by atoms with E-state index < -0.39 is 6.10 Å². The predicted molar refractivity (Wildman–Crippen MR) is 362 cm³/mol. The molecule has 0 fully saturated rings. The van der Waals surface area contributed by atoms with Crippen LogP contribution in [0.3, 0.4) is 0 Å². The second-order valence-corrected chi connectivity index (χ2v) is 23.0. The monoisotopic (exact) mass is 1150 g/mol. The molecule has 0 saturated heterocycles. The Kier molecular flexibility index (Phi) is 66.7. The molecule has 1 unspecified atom stereocenters. The van der Waals surface area contributed by atoms with Gasteiger partial charge in [0.2, 0.25) is 0 Å². The summed E-state index contributed by atoms with van der Waals surface area (Å²) >= 11 is 0. The topological polar surface area (TPSA) is 78.9 Å². The summed E-state index contributed by atoms with van der Waals surface area (Å²) in [6, 6.07) is 0. The molecular formula is C77H130O6. The molecule has 474 valence electrons. The Morgan fingerprint density at radius 3 is 0.747 bits per heavy atom. The summed E-state index contributed by atoms with van der Waals surface area (Å²) in [5, 5.41) is 0. The van der Waals surface area contributed by atoms with Gasteiger partial charge in [0.25, 0.3) is 0 Å². The molecule has 0 N–H and O–H groups in total. The maximum Gasteiger partial charge on any atom is 0.306 e. The molecule has 0 aromatic rings. The molecule has 6 heteroatoms. The minimum absolute atomic E-state index is 0.0885. The van der Waals surface area contributed by atoms with Crippen LogP contribution in [0.15, 0.2) is 122 Å². The van der Waals surface area contributed by atoms with E-state index in [4.69, 9.17) is 14.2 Å². The summed E-state index contributed by atoms with van der Waals surface area (Å²) in [5.41, 5.74) is 0. The highest BCUT2D eigenvalue weighted by Gasteiger charge is 2.19. The van der Waals surface area contributed by atoms with E-state index >= 15 is 0 Å². The molecule has 0 aliphatic carbocycles. The van der Waals surface area contributed by atoms with Crippen molar-refractivity contribution >= 4 is 17.9 Å². The van der Waals surface area contributed by atoms with E-state index in [0.29, 0.717) is 19.3 Å². The molecule has 0 aliphatic rings. The molecule has 0 aliphatic heterocycles. The van der Waals surface area contributed by atoms with Gasteiger partial charge in [-0.1, -0.05) is 303 Å². The van der Waals surface area contributed by atoms with Gasteiger partial charge in [-0.05, 0) is 128 Å². The molecule has 0 bridgehead atoms. The Hall–Kier alpha value is -4.19. The maximum atomic E-state index is 12.9. The molecular weight excluding hydrogens is 1020 g/mol. The van der Waals surface area contributed by atoms with Gasteiger partial charge in [0.15, 0.2) is 6.10 Å². The fourth-order valence-corrected chi connectivity index (χ4v) is 9.75. The first-order valence-corrected chi connectivity index (χ1v) is 35.0. The largest absolute Gasteiger partial charge is 0.462 e. The highest BCUT2D eigenvalue weighted by Crippen LogP contribution is 2.17. The first-order valence-electron chi connectivity index (χ1n) is 35.0. The molecule has 0 aromatic carbocycles. The van der Waals surface area contributed by atoms with Gasteiger partial charge in [-0.25, -0.2) is 0 Å². The number of carbonyl (C=O) groups excluding carboxylic acids is 3. The van der Waals surface area contributed by atoms with Gasteiger partial charge in [-0.15, -0.1) is 0 Å². The van der Waals surface area contributed by atoms with Crippen molar-refractivity contribution in [3.63, 3.8) is 0 Å². The van der Waals surface area contributed by atoms with Crippen molar-refractivity contribution in [3.05, 3.63) is 122 Å². The summed E-state index contributed by atoms with van der Waals surface area (Å²) < 4.78 is 17.0. The first-order chi connectivity index (χ1) is 41.0. The number of ether oxygens (including phenoxy) is 3. The Labute approximate surface area is 513 Å². The zero-order chi connectivity index (χ0) is 59.9. The first kappa shape index (κ1) is 78.8. The molecule has 0 radical (unpaired) electrons. The van der Waals surface area contributed by atoms with Gasteiger partial charge < -0.3 is 14.2 Å². The van der Waals surface area contributed by atoms with Crippen molar-refractivity contribution in [1.29, 1.82) is 0 Å². The number of allylic oxidation sites excluding steroid dienone is 20. The Morgan fingerprint density at radius 2 is 0.470 bits per heavy atom. The van der Waals surface area contributed by atoms with Crippen LogP contribution in [0.1, 0.15) is 329 Å². The van der Waals surface area contributed by atoms with Crippen molar-refractivity contribution in [1.82, 2.24) is 0 Å². The fourth-order valence-electron chi connectivity index (χ4n) is 9.75. The average Bonchev–Trinajstić information content (AvgIpc) is 3.49. The lowest BCUT2D eigenvalue weighted by molar-refractivity contribution is -0.167. The molecule has 6 nitrogen and oxygen atoms in total. The third-order valence-corrected chi connectivity index (χ3v) is 14.9. The SMILES string of the molecule is CC/C=C\C/C=C\C/C=C\C/C=C\C/C=C\CCCCCCCC(=O)OC(COC(=O)CCCCCCC/C=C\CCCCCCCC)COC(=O)CCCCCCCCCCCCCCCCCC/C=C\C/C=C\C/C=C\C/C=C\CC. The van der Waals surface area contributed by atoms with E-state index in [0.717, 1.165) is 141 Å². The van der Waals surface area contributed by atoms with Gasteiger partial charge in [0.1, 0.15) is 13.2 Å². The Bertz CT molecular complexity index is 1700. The molecule has 1 atom stereocenters. The Morgan fingerprint density at radius 1 is 0.253 bits per heavy atom. The minimum atomic E-state index is -0.796. The van der Waals surface area contributed by atoms with Crippen LogP contribution in [0, 0.1) is 0 Å². The zero-order valence-corrected chi connectivity index (χ0v) is 54.4. The molecule has 83 heavy (non-hydrogen) atoms. The van der Waals surface area contributed by atoms with E-state index in [2.05, 4.69) is 142 Å². The number of unbranched alkanes of at least 4 members (excludes halogenated alkanes) is 32. The minimum Gasteiger partial charge on any atom is -0.462 e. The van der Waals surface area contributed by atoms with Crippen LogP contribution in [0.2, 0.25) is 0 Å². The van der Waals surface area contributed by atoms with Gasteiger partial charge in [0, 0.05) is 19.3 Å². The van der Waals surface area contributed by atoms with E-state index in [1.54, 1.807) is 0 Å². The van der Waals surface area contributed by atoms with Crippen molar-refractivity contribution in [2.24, 2.45) is 0 Å². The number of esters is 3. The summed E-state index contributed by atoms with van der Waals surface area (Å²) in [4.78, 5) is 38.4. The second kappa shape index (κ2) is 70.3. The predicted octanol–water partition coefficient (Wildman–Crippen LogP) is 24.3. The van der Waals surface area contributed by atoms with Crippen LogP contribution in [0.5, 0.6) is 0 Å². The fraction of sp³-hybridized carbons (Fsp3) is 0.701. The molecule has 0 saturated carbocycles.